The van der Waals surface area contributed by atoms with Gasteiger partial charge >= 0.3 is 0 Å². The van der Waals surface area contributed by atoms with Crippen molar-refractivity contribution in [2.24, 2.45) is 17.8 Å². The summed E-state index contributed by atoms with van der Waals surface area (Å²) in [5.74, 6) is 2.91. The van der Waals surface area contributed by atoms with Crippen LogP contribution in [0.1, 0.15) is 97.3 Å². The molecule has 2 aliphatic rings. The first-order valence-electron chi connectivity index (χ1n) is 9.97. The van der Waals surface area contributed by atoms with Crippen molar-refractivity contribution in [3.8, 4) is 0 Å². The van der Waals surface area contributed by atoms with Crippen LogP contribution < -0.4 is 5.32 Å². The standard InChI is InChI=1S/C20H39N/c1-17-8-3-4-12-19(13-5-9-17)16-21-20-14-6-10-18(2)11-7-15-20/h17-21H,3-16H2,1-2H3. The average Bonchev–Trinajstić information content (AvgIpc) is 2.54. The molecule has 0 aromatic heterocycles. The SMILES string of the molecule is CC1CCCCC(CNC2CCCC(C)CCC2)CCC1. The summed E-state index contributed by atoms with van der Waals surface area (Å²) in [6.45, 7) is 6.19. The summed E-state index contributed by atoms with van der Waals surface area (Å²) in [7, 11) is 0. The van der Waals surface area contributed by atoms with Crippen LogP contribution in [0.4, 0.5) is 0 Å². The molecule has 2 fully saturated rings. The molecule has 1 N–H and O–H groups in total. The van der Waals surface area contributed by atoms with Crippen LogP contribution in [0.2, 0.25) is 0 Å². The monoisotopic (exact) mass is 293 g/mol. The zero-order valence-corrected chi connectivity index (χ0v) is 14.7. The molecular formula is C20H39N. The molecule has 0 spiro atoms. The Morgan fingerprint density at radius 1 is 0.619 bits per heavy atom. The molecule has 1 nitrogen and oxygen atoms in total. The Hall–Kier alpha value is -0.0400. The van der Waals surface area contributed by atoms with Crippen LogP contribution in [0.5, 0.6) is 0 Å². The van der Waals surface area contributed by atoms with Gasteiger partial charge in [0.2, 0.25) is 0 Å². The van der Waals surface area contributed by atoms with Crippen LogP contribution in [-0.2, 0) is 0 Å². The highest BCUT2D eigenvalue weighted by Gasteiger charge is 2.17. The Bertz CT molecular complexity index is 253. The zero-order chi connectivity index (χ0) is 14.9. The Labute approximate surface area is 133 Å². The number of rotatable bonds is 3. The lowest BCUT2D eigenvalue weighted by Gasteiger charge is -2.26. The fourth-order valence-electron chi connectivity index (χ4n) is 4.43. The summed E-state index contributed by atoms with van der Waals surface area (Å²) >= 11 is 0. The summed E-state index contributed by atoms with van der Waals surface area (Å²) in [4.78, 5) is 0. The van der Waals surface area contributed by atoms with Gasteiger partial charge in [-0.25, -0.2) is 0 Å². The lowest BCUT2D eigenvalue weighted by atomic mass is 9.89. The van der Waals surface area contributed by atoms with E-state index in [0.29, 0.717) is 0 Å². The Kier molecular flexibility index (Phi) is 8.14. The van der Waals surface area contributed by atoms with Crippen molar-refractivity contribution in [3.63, 3.8) is 0 Å². The van der Waals surface area contributed by atoms with Crippen molar-refractivity contribution >= 4 is 0 Å². The van der Waals surface area contributed by atoms with Gasteiger partial charge < -0.3 is 5.32 Å². The van der Waals surface area contributed by atoms with Crippen molar-refractivity contribution in [1.82, 2.24) is 5.32 Å². The number of nitrogens with one attached hydrogen (secondary N) is 1. The van der Waals surface area contributed by atoms with E-state index in [9.17, 15) is 0 Å². The smallest absolute Gasteiger partial charge is 0.00671 e. The topological polar surface area (TPSA) is 12.0 Å². The quantitative estimate of drug-likeness (QED) is 0.680. The predicted molar refractivity (Wildman–Crippen MR) is 93.6 cm³/mol. The van der Waals surface area contributed by atoms with E-state index in [1.165, 1.54) is 90.0 Å². The normalized spacial score (nSPS) is 36.9. The largest absolute Gasteiger partial charge is 0.314 e. The van der Waals surface area contributed by atoms with Crippen LogP contribution in [0, 0.1) is 17.8 Å². The molecule has 0 bridgehead atoms. The highest BCUT2D eigenvalue weighted by molar-refractivity contribution is 4.74. The van der Waals surface area contributed by atoms with Crippen LogP contribution >= 0.6 is 0 Å². The fraction of sp³-hybridized carbons (Fsp3) is 1.00. The van der Waals surface area contributed by atoms with Gasteiger partial charge in [0, 0.05) is 6.04 Å². The van der Waals surface area contributed by atoms with E-state index >= 15 is 0 Å². The molecule has 0 aliphatic heterocycles. The van der Waals surface area contributed by atoms with Crippen LogP contribution in [0.15, 0.2) is 0 Å². The zero-order valence-electron chi connectivity index (χ0n) is 14.7. The summed E-state index contributed by atoms with van der Waals surface area (Å²) < 4.78 is 0. The van der Waals surface area contributed by atoms with E-state index in [4.69, 9.17) is 0 Å². The van der Waals surface area contributed by atoms with Crippen LogP contribution in [0.3, 0.4) is 0 Å². The molecular weight excluding hydrogens is 254 g/mol. The molecule has 2 aliphatic carbocycles. The molecule has 0 radical (unpaired) electrons. The van der Waals surface area contributed by atoms with Gasteiger partial charge in [-0.1, -0.05) is 71.6 Å². The first kappa shape index (κ1) is 17.3. The van der Waals surface area contributed by atoms with Crippen molar-refractivity contribution in [1.29, 1.82) is 0 Å². The maximum absolute atomic E-state index is 3.95. The highest BCUT2D eigenvalue weighted by Crippen LogP contribution is 2.26. The molecule has 2 unspecified atom stereocenters. The summed E-state index contributed by atoms with van der Waals surface area (Å²) in [6.07, 6.45) is 19.0. The second-order valence-electron chi connectivity index (χ2n) is 8.26. The molecule has 0 heterocycles. The Morgan fingerprint density at radius 3 is 1.76 bits per heavy atom. The third kappa shape index (κ3) is 7.17. The summed E-state index contributed by atoms with van der Waals surface area (Å²) in [5, 5.41) is 3.95. The molecule has 2 rings (SSSR count). The maximum Gasteiger partial charge on any atom is 0.00671 e. The van der Waals surface area contributed by atoms with Gasteiger partial charge in [-0.3, -0.25) is 0 Å². The van der Waals surface area contributed by atoms with Gasteiger partial charge in [0.05, 0.1) is 0 Å². The van der Waals surface area contributed by atoms with Crippen molar-refractivity contribution in [3.05, 3.63) is 0 Å². The molecule has 0 aromatic carbocycles. The Balaban J connectivity index is 1.67. The number of hydrogen-bond acceptors (Lipinski definition) is 1. The molecule has 2 saturated carbocycles. The molecule has 0 saturated heterocycles. The van der Waals surface area contributed by atoms with Gasteiger partial charge in [-0.15, -0.1) is 0 Å². The summed E-state index contributed by atoms with van der Waals surface area (Å²) in [6, 6.07) is 0.823. The van der Waals surface area contributed by atoms with E-state index in [0.717, 1.165) is 23.8 Å². The molecule has 21 heavy (non-hydrogen) atoms. The van der Waals surface area contributed by atoms with Gasteiger partial charge in [0.25, 0.3) is 0 Å². The second-order valence-corrected chi connectivity index (χ2v) is 8.26. The highest BCUT2D eigenvalue weighted by atomic mass is 14.9. The maximum atomic E-state index is 3.95. The van der Waals surface area contributed by atoms with E-state index in [1.54, 1.807) is 0 Å². The first-order valence-corrected chi connectivity index (χ1v) is 9.97. The van der Waals surface area contributed by atoms with Crippen molar-refractivity contribution in [2.45, 2.75) is 103 Å². The van der Waals surface area contributed by atoms with Gasteiger partial charge in [0.1, 0.15) is 0 Å². The van der Waals surface area contributed by atoms with E-state index < -0.39 is 0 Å². The minimum absolute atomic E-state index is 0.823. The van der Waals surface area contributed by atoms with Crippen molar-refractivity contribution in [2.75, 3.05) is 6.54 Å². The summed E-state index contributed by atoms with van der Waals surface area (Å²) in [5.41, 5.74) is 0. The minimum atomic E-state index is 0.823. The number of hydrogen-bond donors (Lipinski definition) is 1. The minimum Gasteiger partial charge on any atom is -0.314 e. The predicted octanol–water partition coefficient (Wildman–Crippen LogP) is 5.93. The van der Waals surface area contributed by atoms with Gasteiger partial charge in [-0.05, 0) is 50.0 Å². The molecule has 124 valence electrons. The van der Waals surface area contributed by atoms with E-state index in [2.05, 4.69) is 19.2 Å². The molecule has 2 atom stereocenters. The van der Waals surface area contributed by atoms with Crippen LogP contribution in [-0.4, -0.2) is 12.6 Å². The van der Waals surface area contributed by atoms with E-state index in [1.807, 2.05) is 0 Å². The van der Waals surface area contributed by atoms with Gasteiger partial charge in [0.15, 0.2) is 0 Å². The molecule has 1 heteroatoms. The first-order chi connectivity index (χ1) is 10.2. The fourth-order valence-corrected chi connectivity index (χ4v) is 4.43. The Morgan fingerprint density at radius 2 is 1.10 bits per heavy atom. The molecule has 0 aromatic rings. The molecule has 0 amide bonds. The lowest BCUT2D eigenvalue weighted by molar-refractivity contribution is 0.313. The third-order valence-corrected chi connectivity index (χ3v) is 6.06. The lowest BCUT2D eigenvalue weighted by Crippen LogP contribution is -2.34. The average molecular weight is 294 g/mol. The third-order valence-electron chi connectivity index (χ3n) is 6.06. The van der Waals surface area contributed by atoms with Crippen molar-refractivity contribution < 1.29 is 0 Å². The second kappa shape index (κ2) is 9.87. The van der Waals surface area contributed by atoms with Crippen LogP contribution in [0.25, 0.3) is 0 Å². The van der Waals surface area contributed by atoms with E-state index in [-0.39, 0.29) is 0 Å². The van der Waals surface area contributed by atoms with Gasteiger partial charge in [-0.2, -0.15) is 0 Å².